The lowest BCUT2D eigenvalue weighted by Crippen LogP contribution is -1.84. The van der Waals surface area contributed by atoms with Crippen molar-refractivity contribution in [2.45, 2.75) is 13.3 Å². The Balaban J connectivity index is 2.45. The van der Waals surface area contributed by atoms with Crippen LogP contribution in [0.1, 0.15) is 12.5 Å². The molecule has 0 amide bonds. The molecular formula is C14H12Cl2. The maximum absolute atomic E-state index is 6.19. The Bertz CT molecular complexity index is 504. The van der Waals surface area contributed by atoms with Crippen LogP contribution in [0.5, 0.6) is 0 Å². The van der Waals surface area contributed by atoms with Crippen LogP contribution in [-0.4, -0.2) is 0 Å². The van der Waals surface area contributed by atoms with Crippen molar-refractivity contribution in [1.82, 2.24) is 0 Å². The Kier molecular flexibility index (Phi) is 3.52. The monoisotopic (exact) mass is 250 g/mol. The van der Waals surface area contributed by atoms with Crippen LogP contribution in [0, 0.1) is 0 Å². The SMILES string of the molecule is CCc1ccc(-c2cccc(Cl)c2)cc1Cl. The average molecular weight is 251 g/mol. The molecule has 0 atom stereocenters. The smallest absolute Gasteiger partial charge is 0.0444 e. The largest absolute Gasteiger partial charge is 0.0843 e. The highest BCUT2D eigenvalue weighted by Crippen LogP contribution is 2.27. The molecule has 0 saturated carbocycles. The number of benzene rings is 2. The number of hydrogen-bond acceptors (Lipinski definition) is 0. The van der Waals surface area contributed by atoms with Gasteiger partial charge in [0.15, 0.2) is 0 Å². The van der Waals surface area contributed by atoms with Gasteiger partial charge in [0.05, 0.1) is 0 Å². The maximum atomic E-state index is 6.19. The summed E-state index contributed by atoms with van der Waals surface area (Å²) in [5.41, 5.74) is 3.37. The van der Waals surface area contributed by atoms with E-state index < -0.39 is 0 Å². The van der Waals surface area contributed by atoms with Crippen LogP contribution in [-0.2, 0) is 6.42 Å². The van der Waals surface area contributed by atoms with Gasteiger partial charge in [0.2, 0.25) is 0 Å². The van der Waals surface area contributed by atoms with E-state index in [1.807, 2.05) is 30.3 Å². The first kappa shape index (κ1) is 11.5. The molecule has 82 valence electrons. The molecule has 0 spiro atoms. The van der Waals surface area contributed by atoms with Crippen molar-refractivity contribution in [3.05, 3.63) is 58.1 Å². The fraction of sp³-hybridized carbons (Fsp3) is 0.143. The van der Waals surface area contributed by atoms with Crippen LogP contribution in [0.25, 0.3) is 11.1 Å². The van der Waals surface area contributed by atoms with Crippen molar-refractivity contribution < 1.29 is 0 Å². The summed E-state index contributed by atoms with van der Waals surface area (Å²) in [6, 6.07) is 13.9. The summed E-state index contributed by atoms with van der Waals surface area (Å²) in [5, 5.41) is 1.56. The van der Waals surface area contributed by atoms with Gasteiger partial charge in [-0.15, -0.1) is 0 Å². The van der Waals surface area contributed by atoms with Gasteiger partial charge in [-0.25, -0.2) is 0 Å². The summed E-state index contributed by atoms with van der Waals surface area (Å²) >= 11 is 12.1. The summed E-state index contributed by atoms with van der Waals surface area (Å²) in [6.07, 6.45) is 0.953. The Morgan fingerprint density at radius 2 is 1.69 bits per heavy atom. The van der Waals surface area contributed by atoms with E-state index in [4.69, 9.17) is 23.2 Å². The quantitative estimate of drug-likeness (QED) is 0.686. The lowest BCUT2D eigenvalue weighted by Gasteiger charge is -2.06. The minimum absolute atomic E-state index is 0.744. The summed E-state index contributed by atoms with van der Waals surface area (Å²) in [7, 11) is 0. The molecule has 2 heteroatoms. The standard InChI is InChI=1S/C14H12Cl2/c1-2-10-6-7-12(9-14(10)16)11-4-3-5-13(15)8-11/h3-9H,2H2,1H3. The second-order valence-corrected chi connectivity index (χ2v) is 4.51. The minimum atomic E-state index is 0.744. The molecule has 0 nitrogen and oxygen atoms in total. The predicted octanol–water partition coefficient (Wildman–Crippen LogP) is 5.22. The molecule has 16 heavy (non-hydrogen) atoms. The Morgan fingerprint density at radius 3 is 2.31 bits per heavy atom. The molecule has 0 aromatic heterocycles. The number of aryl methyl sites for hydroxylation is 1. The average Bonchev–Trinajstić information content (AvgIpc) is 2.29. The van der Waals surface area contributed by atoms with Gasteiger partial charge >= 0.3 is 0 Å². The first-order chi connectivity index (χ1) is 7.70. The number of hydrogen-bond donors (Lipinski definition) is 0. The topological polar surface area (TPSA) is 0 Å². The van der Waals surface area contributed by atoms with Crippen LogP contribution < -0.4 is 0 Å². The molecule has 0 radical (unpaired) electrons. The fourth-order valence-corrected chi connectivity index (χ4v) is 2.19. The van der Waals surface area contributed by atoms with E-state index in [0.29, 0.717) is 0 Å². The van der Waals surface area contributed by atoms with Crippen molar-refractivity contribution >= 4 is 23.2 Å². The molecule has 0 aliphatic carbocycles. The minimum Gasteiger partial charge on any atom is -0.0843 e. The van der Waals surface area contributed by atoms with E-state index in [9.17, 15) is 0 Å². The summed E-state index contributed by atoms with van der Waals surface area (Å²) in [5.74, 6) is 0. The summed E-state index contributed by atoms with van der Waals surface area (Å²) < 4.78 is 0. The van der Waals surface area contributed by atoms with Gasteiger partial charge in [0.25, 0.3) is 0 Å². The molecule has 2 rings (SSSR count). The molecule has 0 unspecified atom stereocenters. The lowest BCUT2D eigenvalue weighted by atomic mass is 10.0. The zero-order valence-corrected chi connectivity index (χ0v) is 10.5. The molecule has 2 aromatic rings. The number of halogens is 2. The van der Waals surface area contributed by atoms with Crippen LogP contribution in [0.4, 0.5) is 0 Å². The van der Waals surface area contributed by atoms with Gasteiger partial charge in [-0.1, -0.05) is 54.4 Å². The molecule has 0 saturated heterocycles. The highest BCUT2D eigenvalue weighted by atomic mass is 35.5. The van der Waals surface area contributed by atoms with Gasteiger partial charge < -0.3 is 0 Å². The van der Waals surface area contributed by atoms with Crippen molar-refractivity contribution in [3.63, 3.8) is 0 Å². The van der Waals surface area contributed by atoms with Gasteiger partial charge in [-0.3, -0.25) is 0 Å². The Labute approximate surface area is 106 Å². The van der Waals surface area contributed by atoms with Gasteiger partial charge in [0, 0.05) is 10.0 Å². The second kappa shape index (κ2) is 4.90. The van der Waals surface area contributed by atoms with E-state index in [0.717, 1.165) is 27.6 Å². The van der Waals surface area contributed by atoms with E-state index in [2.05, 4.69) is 19.1 Å². The van der Waals surface area contributed by atoms with Crippen molar-refractivity contribution in [2.75, 3.05) is 0 Å². The van der Waals surface area contributed by atoms with Crippen molar-refractivity contribution in [2.24, 2.45) is 0 Å². The van der Waals surface area contributed by atoms with Gasteiger partial charge in [-0.2, -0.15) is 0 Å². The maximum Gasteiger partial charge on any atom is 0.0444 e. The summed E-state index contributed by atoms with van der Waals surface area (Å²) in [6.45, 7) is 2.10. The first-order valence-electron chi connectivity index (χ1n) is 5.25. The van der Waals surface area contributed by atoms with Crippen LogP contribution in [0.2, 0.25) is 10.0 Å². The van der Waals surface area contributed by atoms with E-state index in [1.165, 1.54) is 5.56 Å². The van der Waals surface area contributed by atoms with Gasteiger partial charge in [0.1, 0.15) is 0 Å². The van der Waals surface area contributed by atoms with Crippen molar-refractivity contribution in [3.8, 4) is 11.1 Å². The molecule has 0 fully saturated rings. The van der Waals surface area contributed by atoms with E-state index >= 15 is 0 Å². The lowest BCUT2D eigenvalue weighted by molar-refractivity contribution is 1.14. The fourth-order valence-electron chi connectivity index (χ4n) is 1.68. The third-order valence-electron chi connectivity index (χ3n) is 2.59. The first-order valence-corrected chi connectivity index (χ1v) is 6.00. The molecule has 0 aliphatic heterocycles. The molecule has 0 bridgehead atoms. The van der Waals surface area contributed by atoms with E-state index in [1.54, 1.807) is 0 Å². The molecular weight excluding hydrogens is 239 g/mol. The molecule has 2 aromatic carbocycles. The summed E-state index contributed by atoms with van der Waals surface area (Å²) in [4.78, 5) is 0. The van der Waals surface area contributed by atoms with Crippen LogP contribution in [0.3, 0.4) is 0 Å². The predicted molar refractivity (Wildman–Crippen MR) is 71.3 cm³/mol. The second-order valence-electron chi connectivity index (χ2n) is 3.67. The zero-order valence-electron chi connectivity index (χ0n) is 9.00. The third-order valence-corrected chi connectivity index (χ3v) is 3.18. The zero-order chi connectivity index (χ0) is 11.5. The highest BCUT2D eigenvalue weighted by molar-refractivity contribution is 6.32. The Morgan fingerprint density at radius 1 is 0.938 bits per heavy atom. The normalized spacial score (nSPS) is 10.4. The van der Waals surface area contributed by atoms with Crippen LogP contribution >= 0.6 is 23.2 Å². The highest BCUT2D eigenvalue weighted by Gasteiger charge is 2.02. The van der Waals surface area contributed by atoms with Crippen LogP contribution in [0.15, 0.2) is 42.5 Å². The van der Waals surface area contributed by atoms with Gasteiger partial charge in [-0.05, 0) is 41.3 Å². The third kappa shape index (κ3) is 2.40. The number of rotatable bonds is 2. The molecule has 0 heterocycles. The van der Waals surface area contributed by atoms with E-state index in [-0.39, 0.29) is 0 Å². The van der Waals surface area contributed by atoms with Crippen molar-refractivity contribution in [1.29, 1.82) is 0 Å². The Hall–Kier alpha value is -0.980. The molecule has 0 N–H and O–H groups in total. The molecule has 0 aliphatic rings.